The summed E-state index contributed by atoms with van der Waals surface area (Å²) in [5.41, 5.74) is 0. The minimum absolute atomic E-state index is 0.0437. The lowest BCUT2D eigenvalue weighted by atomic mass is 10.2. The van der Waals surface area contributed by atoms with Gasteiger partial charge in [-0.3, -0.25) is 0 Å². The number of carbonyl (C=O) groups excluding carboxylic acids is 1. The van der Waals surface area contributed by atoms with Crippen LogP contribution in [0.15, 0.2) is 29.2 Å². The molecule has 0 spiro atoms. The van der Waals surface area contributed by atoms with E-state index in [9.17, 15) is 13.2 Å². The molecule has 1 aliphatic heterocycles. The van der Waals surface area contributed by atoms with Crippen LogP contribution in [0.5, 0.6) is 0 Å². The fourth-order valence-electron chi connectivity index (χ4n) is 1.89. The Morgan fingerprint density at radius 1 is 1.45 bits per heavy atom. The first-order valence-corrected chi connectivity index (χ1v) is 7.92. The minimum atomic E-state index is -3.65. The van der Waals surface area contributed by atoms with Crippen molar-refractivity contribution in [3.63, 3.8) is 0 Å². The Balaban J connectivity index is 1.91. The summed E-state index contributed by atoms with van der Waals surface area (Å²) in [6.45, 7) is 0.645. The third kappa shape index (κ3) is 3.41. The maximum absolute atomic E-state index is 12.0. The Morgan fingerprint density at radius 3 is 2.75 bits per heavy atom. The molecule has 8 heteroatoms. The van der Waals surface area contributed by atoms with Gasteiger partial charge in [-0.2, -0.15) is 0 Å². The van der Waals surface area contributed by atoms with E-state index in [0.717, 1.165) is 0 Å². The summed E-state index contributed by atoms with van der Waals surface area (Å²) in [6.07, 6.45) is -0.259. The monoisotopic (exact) mass is 318 g/mol. The zero-order chi connectivity index (χ0) is 14.8. The number of likely N-dealkylation sites (N-methyl/N-ethyl adjacent to an activating group) is 1. The van der Waals surface area contributed by atoms with Crippen LogP contribution in [-0.2, 0) is 14.8 Å². The zero-order valence-electron chi connectivity index (χ0n) is 10.9. The molecule has 2 rings (SSSR count). The number of rotatable bonds is 5. The number of cyclic esters (lactones) is 1. The lowest BCUT2D eigenvalue weighted by Crippen LogP contribution is -2.28. The molecule has 1 heterocycles. The average molecular weight is 319 g/mol. The molecule has 1 atom stereocenters. The van der Waals surface area contributed by atoms with Crippen LogP contribution < -0.4 is 4.72 Å². The summed E-state index contributed by atoms with van der Waals surface area (Å²) >= 11 is 5.86. The number of nitrogens with one attached hydrogen (secondary N) is 1. The summed E-state index contributed by atoms with van der Waals surface area (Å²) in [5, 5.41) is 0.173. The number of halogens is 1. The van der Waals surface area contributed by atoms with Crippen molar-refractivity contribution in [3.8, 4) is 0 Å². The molecule has 1 aliphatic rings. The molecule has 1 saturated heterocycles. The van der Waals surface area contributed by atoms with Gasteiger partial charge >= 0.3 is 6.09 Å². The second-order valence-electron chi connectivity index (χ2n) is 4.50. The van der Waals surface area contributed by atoms with Crippen molar-refractivity contribution in [2.45, 2.75) is 17.4 Å². The van der Waals surface area contributed by atoms with Gasteiger partial charge in [0.15, 0.2) is 0 Å². The van der Waals surface area contributed by atoms with E-state index in [1.165, 1.54) is 17.0 Å². The minimum Gasteiger partial charge on any atom is -0.444 e. The highest BCUT2D eigenvalue weighted by molar-refractivity contribution is 7.89. The van der Waals surface area contributed by atoms with Crippen LogP contribution in [0.3, 0.4) is 0 Å². The molecule has 1 fully saturated rings. The predicted octanol–water partition coefficient (Wildman–Crippen LogP) is 1.46. The number of hydrogen-bond acceptors (Lipinski definition) is 4. The van der Waals surface area contributed by atoms with Gasteiger partial charge in [-0.15, -0.1) is 0 Å². The fourth-order valence-corrected chi connectivity index (χ4v) is 3.46. The first-order valence-electron chi connectivity index (χ1n) is 6.06. The maximum atomic E-state index is 12.0. The van der Waals surface area contributed by atoms with E-state index in [4.69, 9.17) is 16.3 Å². The lowest BCUT2D eigenvalue weighted by molar-refractivity contribution is 0.131. The van der Waals surface area contributed by atoms with Crippen molar-refractivity contribution in [2.24, 2.45) is 0 Å². The molecule has 0 aromatic heterocycles. The molecule has 0 radical (unpaired) electrons. The summed E-state index contributed by atoms with van der Waals surface area (Å²) in [7, 11) is -2.01. The Bertz CT molecular complexity index is 605. The molecule has 110 valence electrons. The van der Waals surface area contributed by atoms with E-state index in [-0.39, 0.29) is 28.7 Å². The summed E-state index contributed by atoms with van der Waals surface area (Å²) < 4.78 is 31.6. The van der Waals surface area contributed by atoms with Crippen molar-refractivity contribution in [3.05, 3.63) is 29.3 Å². The van der Waals surface area contributed by atoms with E-state index in [1.54, 1.807) is 19.2 Å². The molecule has 20 heavy (non-hydrogen) atoms. The molecule has 1 aromatic carbocycles. The number of hydrogen-bond donors (Lipinski definition) is 1. The first kappa shape index (κ1) is 15.1. The van der Waals surface area contributed by atoms with Crippen LogP contribution in [0.1, 0.15) is 6.42 Å². The molecule has 6 nitrogen and oxygen atoms in total. The normalized spacial score (nSPS) is 19.2. The van der Waals surface area contributed by atoms with Gasteiger partial charge < -0.3 is 9.64 Å². The molecule has 1 amide bonds. The SMILES string of the molecule is CN1CC(CCNS(=O)(=O)c2ccccc2Cl)OC1=O. The Labute approximate surface area is 122 Å². The van der Waals surface area contributed by atoms with Crippen molar-refractivity contribution in [2.75, 3.05) is 20.1 Å². The van der Waals surface area contributed by atoms with Crippen LogP contribution in [0.2, 0.25) is 5.02 Å². The molecule has 1 unspecified atom stereocenters. The summed E-state index contributed by atoms with van der Waals surface area (Å²) in [4.78, 5) is 12.7. The van der Waals surface area contributed by atoms with Gasteiger partial charge in [-0.25, -0.2) is 17.9 Å². The topological polar surface area (TPSA) is 75.7 Å². The third-order valence-electron chi connectivity index (χ3n) is 2.94. The van der Waals surface area contributed by atoms with Crippen LogP contribution in [-0.4, -0.2) is 45.7 Å². The van der Waals surface area contributed by atoms with Gasteiger partial charge in [-0.1, -0.05) is 23.7 Å². The van der Waals surface area contributed by atoms with E-state index < -0.39 is 10.0 Å². The van der Waals surface area contributed by atoms with Gasteiger partial charge in [-0.05, 0) is 18.6 Å². The number of ether oxygens (including phenoxy) is 1. The Kier molecular flexibility index (Phi) is 4.52. The number of amides is 1. The van der Waals surface area contributed by atoms with Crippen LogP contribution in [0.25, 0.3) is 0 Å². The molecular weight excluding hydrogens is 304 g/mol. The fraction of sp³-hybridized carbons (Fsp3) is 0.417. The average Bonchev–Trinajstić information content (AvgIpc) is 2.68. The maximum Gasteiger partial charge on any atom is 0.409 e. The standard InChI is InChI=1S/C12H15ClN2O4S/c1-15-8-9(19-12(15)16)6-7-14-20(17,18)11-5-3-2-4-10(11)13/h2-5,9,14H,6-8H2,1H3. The number of nitrogens with zero attached hydrogens (tertiary/aromatic N) is 1. The third-order valence-corrected chi connectivity index (χ3v) is 4.90. The smallest absolute Gasteiger partial charge is 0.409 e. The van der Waals surface area contributed by atoms with E-state index >= 15 is 0 Å². The molecule has 0 aliphatic carbocycles. The predicted molar refractivity (Wildman–Crippen MR) is 74.2 cm³/mol. The van der Waals surface area contributed by atoms with E-state index in [1.807, 2.05) is 0 Å². The van der Waals surface area contributed by atoms with Gasteiger partial charge in [0, 0.05) is 13.6 Å². The van der Waals surface area contributed by atoms with Crippen LogP contribution >= 0.6 is 11.6 Å². The van der Waals surface area contributed by atoms with Gasteiger partial charge in [0.25, 0.3) is 0 Å². The Morgan fingerprint density at radius 2 is 2.15 bits per heavy atom. The molecular formula is C12H15ClN2O4S. The molecule has 0 saturated carbocycles. The van der Waals surface area contributed by atoms with Crippen LogP contribution in [0.4, 0.5) is 4.79 Å². The van der Waals surface area contributed by atoms with Crippen LogP contribution in [0, 0.1) is 0 Å². The highest BCUT2D eigenvalue weighted by atomic mass is 35.5. The van der Waals surface area contributed by atoms with Gasteiger partial charge in [0.05, 0.1) is 11.6 Å². The largest absolute Gasteiger partial charge is 0.444 e. The second-order valence-corrected chi connectivity index (χ2v) is 6.65. The number of carbonyl (C=O) groups is 1. The summed E-state index contributed by atoms with van der Waals surface area (Å²) in [6, 6.07) is 6.22. The number of benzene rings is 1. The van der Waals surface area contributed by atoms with Crippen molar-refractivity contribution < 1.29 is 17.9 Å². The van der Waals surface area contributed by atoms with E-state index in [2.05, 4.69) is 4.72 Å². The second kappa shape index (κ2) is 5.99. The Hall–Kier alpha value is -1.31. The lowest BCUT2D eigenvalue weighted by Gasteiger charge is -2.10. The molecule has 1 N–H and O–H groups in total. The van der Waals surface area contributed by atoms with Crippen molar-refractivity contribution >= 4 is 27.7 Å². The van der Waals surface area contributed by atoms with Gasteiger partial charge in [0.2, 0.25) is 10.0 Å². The van der Waals surface area contributed by atoms with Crippen molar-refractivity contribution in [1.29, 1.82) is 0 Å². The first-order chi connectivity index (χ1) is 9.40. The highest BCUT2D eigenvalue weighted by Crippen LogP contribution is 2.20. The van der Waals surface area contributed by atoms with Gasteiger partial charge in [0.1, 0.15) is 11.0 Å². The highest BCUT2D eigenvalue weighted by Gasteiger charge is 2.28. The molecule has 0 bridgehead atoms. The van der Waals surface area contributed by atoms with Crippen molar-refractivity contribution in [1.82, 2.24) is 9.62 Å². The number of sulfonamides is 1. The zero-order valence-corrected chi connectivity index (χ0v) is 12.4. The molecule has 1 aromatic rings. The summed E-state index contributed by atoms with van der Waals surface area (Å²) in [5.74, 6) is 0. The van der Waals surface area contributed by atoms with E-state index in [0.29, 0.717) is 13.0 Å². The quantitative estimate of drug-likeness (QED) is 0.891.